The van der Waals surface area contributed by atoms with E-state index >= 15 is 0 Å². The predicted octanol–water partition coefficient (Wildman–Crippen LogP) is 5.26. The van der Waals surface area contributed by atoms with Crippen molar-refractivity contribution in [2.45, 2.75) is 26.3 Å². The number of hydrogen-bond acceptors (Lipinski definition) is 3. The average Bonchev–Trinajstić information content (AvgIpc) is 2.87. The monoisotopic (exact) mass is 391 g/mol. The molecule has 5 heteroatoms. The molecular weight excluding hydrogens is 378 g/mol. The topological polar surface area (TPSA) is 25.2 Å². The number of halogens is 2. The van der Waals surface area contributed by atoms with Crippen LogP contribution in [0.3, 0.4) is 0 Å². The van der Waals surface area contributed by atoms with Gasteiger partial charge in [-0.2, -0.15) is 0 Å². The molecule has 0 fully saturated rings. The van der Waals surface area contributed by atoms with Gasteiger partial charge >= 0.3 is 0 Å². The molecule has 0 saturated carbocycles. The maximum Gasteiger partial charge on any atom is 0.169 e. The number of thiophene rings is 1. The lowest BCUT2D eigenvalue weighted by atomic mass is 10.1. The molecule has 0 aliphatic heterocycles. The standard InChI is InChI=1S/C13H15Br2NOS/c1-3-6-16-13(10-4-5-11(14)17-10)9-7-12(15)18-8(9)2/h4-5,7,13,16H,3,6H2,1-2H3. The Morgan fingerprint density at radius 1 is 1.39 bits per heavy atom. The third-order valence-electron chi connectivity index (χ3n) is 2.71. The van der Waals surface area contributed by atoms with Gasteiger partial charge in [-0.15, -0.1) is 11.3 Å². The van der Waals surface area contributed by atoms with Crippen LogP contribution >= 0.6 is 43.2 Å². The second-order valence-electron chi connectivity index (χ2n) is 4.09. The van der Waals surface area contributed by atoms with Crippen molar-refractivity contribution in [2.75, 3.05) is 6.54 Å². The van der Waals surface area contributed by atoms with Gasteiger partial charge < -0.3 is 9.73 Å². The fourth-order valence-corrected chi connectivity index (χ4v) is 3.95. The van der Waals surface area contributed by atoms with E-state index in [1.54, 1.807) is 11.3 Å². The zero-order valence-corrected chi connectivity index (χ0v) is 14.3. The van der Waals surface area contributed by atoms with Crippen molar-refractivity contribution in [3.05, 3.63) is 42.9 Å². The highest BCUT2D eigenvalue weighted by molar-refractivity contribution is 9.11. The first-order valence-corrected chi connectivity index (χ1v) is 8.26. The van der Waals surface area contributed by atoms with Gasteiger partial charge in [-0.1, -0.05) is 6.92 Å². The molecule has 0 bridgehead atoms. The molecule has 0 aromatic carbocycles. The lowest BCUT2D eigenvalue weighted by molar-refractivity contribution is 0.432. The number of rotatable bonds is 5. The van der Waals surface area contributed by atoms with Crippen LogP contribution in [0.2, 0.25) is 0 Å². The second kappa shape index (κ2) is 6.37. The maximum absolute atomic E-state index is 5.70. The molecular formula is C13H15Br2NOS. The Morgan fingerprint density at radius 3 is 2.67 bits per heavy atom. The molecule has 2 rings (SSSR count). The summed E-state index contributed by atoms with van der Waals surface area (Å²) in [7, 11) is 0. The van der Waals surface area contributed by atoms with E-state index in [0.717, 1.165) is 27.2 Å². The minimum atomic E-state index is 0.124. The van der Waals surface area contributed by atoms with Gasteiger partial charge in [-0.25, -0.2) is 0 Å². The van der Waals surface area contributed by atoms with Gasteiger partial charge in [-0.05, 0) is 75.5 Å². The van der Waals surface area contributed by atoms with E-state index in [-0.39, 0.29) is 6.04 Å². The van der Waals surface area contributed by atoms with Crippen LogP contribution in [0.4, 0.5) is 0 Å². The van der Waals surface area contributed by atoms with E-state index in [9.17, 15) is 0 Å². The lowest BCUT2D eigenvalue weighted by Gasteiger charge is -2.16. The molecule has 0 aliphatic rings. The largest absolute Gasteiger partial charge is 0.452 e. The van der Waals surface area contributed by atoms with Crippen molar-refractivity contribution in [1.29, 1.82) is 0 Å². The third kappa shape index (κ3) is 3.26. The van der Waals surface area contributed by atoms with Crippen molar-refractivity contribution in [1.82, 2.24) is 5.32 Å². The van der Waals surface area contributed by atoms with Gasteiger partial charge in [0.1, 0.15) is 5.76 Å². The van der Waals surface area contributed by atoms with E-state index in [0.29, 0.717) is 0 Å². The summed E-state index contributed by atoms with van der Waals surface area (Å²) in [6.07, 6.45) is 1.10. The first-order valence-electron chi connectivity index (χ1n) is 5.86. The molecule has 1 N–H and O–H groups in total. The Balaban J connectivity index is 2.33. The van der Waals surface area contributed by atoms with Crippen LogP contribution in [0.25, 0.3) is 0 Å². The van der Waals surface area contributed by atoms with Gasteiger partial charge in [-0.3, -0.25) is 0 Å². The summed E-state index contributed by atoms with van der Waals surface area (Å²) in [5, 5.41) is 3.54. The predicted molar refractivity (Wildman–Crippen MR) is 83.3 cm³/mol. The first-order chi connectivity index (χ1) is 8.61. The normalized spacial score (nSPS) is 12.9. The Bertz CT molecular complexity index is 521. The Labute approximate surface area is 128 Å². The van der Waals surface area contributed by atoms with Crippen LogP contribution in [0.1, 0.15) is 35.6 Å². The summed E-state index contributed by atoms with van der Waals surface area (Å²) in [6, 6.07) is 6.25. The summed E-state index contributed by atoms with van der Waals surface area (Å²) in [4.78, 5) is 1.31. The SMILES string of the molecule is CCCNC(c1ccc(Br)o1)c1cc(Br)sc1C. The van der Waals surface area contributed by atoms with Crippen LogP contribution in [-0.4, -0.2) is 6.54 Å². The van der Waals surface area contributed by atoms with E-state index in [2.05, 4.69) is 57.1 Å². The summed E-state index contributed by atoms with van der Waals surface area (Å²) >= 11 is 8.67. The molecule has 0 aliphatic carbocycles. The average molecular weight is 393 g/mol. The van der Waals surface area contributed by atoms with Crippen LogP contribution < -0.4 is 5.32 Å². The summed E-state index contributed by atoms with van der Waals surface area (Å²) in [5.74, 6) is 0.948. The second-order valence-corrected chi connectivity index (χ2v) is 7.51. The molecule has 18 heavy (non-hydrogen) atoms. The van der Waals surface area contributed by atoms with Gasteiger partial charge in [0.15, 0.2) is 4.67 Å². The molecule has 2 heterocycles. The molecule has 98 valence electrons. The van der Waals surface area contributed by atoms with Crippen molar-refractivity contribution >= 4 is 43.2 Å². The quantitative estimate of drug-likeness (QED) is 0.750. The van der Waals surface area contributed by atoms with E-state index in [1.165, 1.54) is 10.4 Å². The fourth-order valence-electron chi connectivity index (χ4n) is 1.88. The first kappa shape index (κ1) is 14.3. The molecule has 2 aromatic rings. The third-order valence-corrected chi connectivity index (χ3v) is 4.71. The van der Waals surface area contributed by atoms with Crippen molar-refractivity contribution in [2.24, 2.45) is 0 Å². The minimum Gasteiger partial charge on any atom is -0.452 e. The summed E-state index contributed by atoms with van der Waals surface area (Å²) in [6.45, 7) is 5.28. The molecule has 0 radical (unpaired) electrons. The molecule has 1 atom stereocenters. The molecule has 0 spiro atoms. The number of nitrogens with one attached hydrogen (secondary N) is 1. The zero-order valence-electron chi connectivity index (χ0n) is 10.3. The molecule has 2 aromatic heterocycles. The highest BCUT2D eigenvalue weighted by Crippen LogP contribution is 2.34. The Kier molecular flexibility index (Phi) is 5.06. The minimum absolute atomic E-state index is 0.124. The maximum atomic E-state index is 5.70. The van der Waals surface area contributed by atoms with Crippen LogP contribution in [0.5, 0.6) is 0 Å². The summed E-state index contributed by atoms with van der Waals surface area (Å²) < 4.78 is 7.63. The highest BCUT2D eigenvalue weighted by atomic mass is 79.9. The van der Waals surface area contributed by atoms with Crippen LogP contribution in [0.15, 0.2) is 31.1 Å². The highest BCUT2D eigenvalue weighted by Gasteiger charge is 2.20. The smallest absolute Gasteiger partial charge is 0.169 e. The van der Waals surface area contributed by atoms with Crippen LogP contribution in [0, 0.1) is 6.92 Å². The molecule has 0 amide bonds. The van der Waals surface area contributed by atoms with E-state index in [1.807, 2.05) is 12.1 Å². The lowest BCUT2D eigenvalue weighted by Crippen LogP contribution is -2.22. The van der Waals surface area contributed by atoms with Crippen molar-refractivity contribution < 1.29 is 4.42 Å². The molecule has 0 saturated heterocycles. The van der Waals surface area contributed by atoms with Gasteiger partial charge in [0, 0.05) is 4.88 Å². The van der Waals surface area contributed by atoms with Gasteiger partial charge in [0.25, 0.3) is 0 Å². The number of furan rings is 1. The molecule has 2 nitrogen and oxygen atoms in total. The molecule has 1 unspecified atom stereocenters. The van der Waals surface area contributed by atoms with Crippen molar-refractivity contribution in [3.63, 3.8) is 0 Å². The van der Waals surface area contributed by atoms with Crippen LogP contribution in [-0.2, 0) is 0 Å². The van der Waals surface area contributed by atoms with E-state index < -0.39 is 0 Å². The Hall–Kier alpha value is -0.100. The van der Waals surface area contributed by atoms with Gasteiger partial charge in [0.05, 0.1) is 9.83 Å². The number of hydrogen-bond donors (Lipinski definition) is 1. The van der Waals surface area contributed by atoms with Crippen molar-refractivity contribution in [3.8, 4) is 0 Å². The summed E-state index contributed by atoms with van der Waals surface area (Å²) in [5.41, 5.74) is 1.28. The Morgan fingerprint density at radius 2 is 2.17 bits per heavy atom. The zero-order chi connectivity index (χ0) is 13.1. The fraction of sp³-hybridized carbons (Fsp3) is 0.385. The van der Waals surface area contributed by atoms with Gasteiger partial charge in [0.2, 0.25) is 0 Å². The van der Waals surface area contributed by atoms with E-state index in [4.69, 9.17) is 4.42 Å². The number of aryl methyl sites for hydroxylation is 1.